The zero-order valence-electron chi connectivity index (χ0n) is 10.8. The Balaban J connectivity index is 1.90. The van der Waals surface area contributed by atoms with Crippen LogP contribution >= 0.6 is 23.2 Å². The standard InChI is InChI=1S/C14H18Cl2N2O/c15-11-6-5-7-12(14(11)16)17-10-13(19)18-8-3-1-2-4-9-18/h5-7,17H,1-4,8-10H2. The largest absolute Gasteiger partial charge is 0.375 e. The van der Waals surface area contributed by atoms with Gasteiger partial charge in [0.15, 0.2) is 0 Å². The molecule has 1 heterocycles. The fourth-order valence-electron chi connectivity index (χ4n) is 2.24. The highest BCUT2D eigenvalue weighted by Gasteiger charge is 2.15. The lowest BCUT2D eigenvalue weighted by Crippen LogP contribution is -2.36. The number of halogens is 2. The molecule has 1 fully saturated rings. The van der Waals surface area contributed by atoms with E-state index in [4.69, 9.17) is 23.2 Å². The van der Waals surface area contributed by atoms with Crippen molar-refractivity contribution in [3.8, 4) is 0 Å². The summed E-state index contributed by atoms with van der Waals surface area (Å²) in [6.07, 6.45) is 4.64. The van der Waals surface area contributed by atoms with Gasteiger partial charge < -0.3 is 10.2 Å². The van der Waals surface area contributed by atoms with Gasteiger partial charge in [0.1, 0.15) is 0 Å². The molecule has 19 heavy (non-hydrogen) atoms. The highest BCUT2D eigenvalue weighted by molar-refractivity contribution is 6.43. The molecule has 2 rings (SSSR count). The quantitative estimate of drug-likeness (QED) is 0.920. The molecule has 0 unspecified atom stereocenters. The third-order valence-electron chi connectivity index (χ3n) is 3.34. The van der Waals surface area contributed by atoms with Gasteiger partial charge >= 0.3 is 0 Å². The van der Waals surface area contributed by atoms with E-state index >= 15 is 0 Å². The number of rotatable bonds is 3. The van der Waals surface area contributed by atoms with Gasteiger partial charge in [-0.05, 0) is 25.0 Å². The second-order valence-corrected chi connectivity index (χ2v) is 5.54. The number of nitrogens with zero attached hydrogens (tertiary/aromatic N) is 1. The monoisotopic (exact) mass is 300 g/mol. The van der Waals surface area contributed by atoms with Crippen molar-refractivity contribution in [1.29, 1.82) is 0 Å². The van der Waals surface area contributed by atoms with Crippen LogP contribution in [0.25, 0.3) is 0 Å². The van der Waals surface area contributed by atoms with Crippen molar-refractivity contribution in [2.24, 2.45) is 0 Å². The van der Waals surface area contributed by atoms with E-state index in [2.05, 4.69) is 5.32 Å². The summed E-state index contributed by atoms with van der Waals surface area (Å²) in [7, 11) is 0. The minimum atomic E-state index is 0.123. The van der Waals surface area contributed by atoms with E-state index in [1.54, 1.807) is 6.07 Å². The second-order valence-electron chi connectivity index (χ2n) is 4.75. The average Bonchev–Trinajstić information content (AvgIpc) is 2.69. The second kappa shape index (κ2) is 7.01. The lowest BCUT2D eigenvalue weighted by atomic mass is 10.2. The van der Waals surface area contributed by atoms with Gasteiger partial charge in [0.25, 0.3) is 0 Å². The molecule has 0 atom stereocenters. The Bertz CT molecular complexity index is 443. The molecule has 0 bridgehead atoms. The van der Waals surface area contributed by atoms with E-state index in [0.29, 0.717) is 15.7 Å². The van der Waals surface area contributed by atoms with Gasteiger partial charge in [-0.1, -0.05) is 42.1 Å². The number of anilines is 1. The average molecular weight is 301 g/mol. The fraction of sp³-hybridized carbons (Fsp3) is 0.500. The number of carbonyl (C=O) groups excluding carboxylic acids is 1. The molecule has 1 aromatic rings. The molecular formula is C14H18Cl2N2O. The molecule has 0 radical (unpaired) electrons. The van der Waals surface area contributed by atoms with Gasteiger partial charge in [-0.25, -0.2) is 0 Å². The molecule has 0 saturated carbocycles. The van der Waals surface area contributed by atoms with Gasteiger partial charge in [-0.2, -0.15) is 0 Å². The normalized spacial score (nSPS) is 16.0. The Morgan fingerprint density at radius 1 is 1.16 bits per heavy atom. The first kappa shape index (κ1) is 14.5. The van der Waals surface area contributed by atoms with Crippen LogP contribution < -0.4 is 5.32 Å². The highest BCUT2D eigenvalue weighted by atomic mass is 35.5. The van der Waals surface area contributed by atoms with Crippen molar-refractivity contribution in [2.45, 2.75) is 25.7 Å². The maximum atomic E-state index is 12.1. The lowest BCUT2D eigenvalue weighted by Gasteiger charge is -2.21. The van der Waals surface area contributed by atoms with Gasteiger partial charge in [-0.3, -0.25) is 4.79 Å². The van der Waals surface area contributed by atoms with Crippen molar-refractivity contribution in [3.05, 3.63) is 28.2 Å². The summed E-state index contributed by atoms with van der Waals surface area (Å²) in [6, 6.07) is 5.36. The number of hydrogen-bond acceptors (Lipinski definition) is 2. The van der Waals surface area contributed by atoms with E-state index in [-0.39, 0.29) is 12.5 Å². The van der Waals surface area contributed by atoms with Crippen molar-refractivity contribution in [2.75, 3.05) is 25.0 Å². The summed E-state index contributed by atoms with van der Waals surface area (Å²) < 4.78 is 0. The zero-order valence-corrected chi connectivity index (χ0v) is 12.3. The van der Waals surface area contributed by atoms with Crippen molar-refractivity contribution in [3.63, 3.8) is 0 Å². The van der Waals surface area contributed by atoms with E-state index in [0.717, 1.165) is 25.9 Å². The van der Waals surface area contributed by atoms with Crippen LogP contribution in [0.2, 0.25) is 10.0 Å². The molecule has 1 saturated heterocycles. The SMILES string of the molecule is O=C(CNc1cccc(Cl)c1Cl)N1CCCCCC1. The minimum absolute atomic E-state index is 0.123. The summed E-state index contributed by atoms with van der Waals surface area (Å²) in [4.78, 5) is 14.0. The van der Waals surface area contributed by atoms with Crippen LogP contribution in [-0.2, 0) is 4.79 Å². The topological polar surface area (TPSA) is 32.3 Å². The first-order valence-electron chi connectivity index (χ1n) is 6.64. The Hall–Kier alpha value is -0.930. The van der Waals surface area contributed by atoms with E-state index in [9.17, 15) is 4.79 Å². The molecule has 0 aliphatic carbocycles. The Labute approximate surface area is 123 Å². The Kier molecular flexibility index (Phi) is 5.34. The summed E-state index contributed by atoms with van der Waals surface area (Å²) in [5.41, 5.74) is 0.706. The molecule has 0 spiro atoms. The maximum absolute atomic E-state index is 12.1. The third-order valence-corrected chi connectivity index (χ3v) is 4.16. The molecular weight excluding hydrogens is 283 g/mol. The van der Waals surface area contributed by atoms with Crippen LogP contribution in [-0.4, -0.2) is 30.4 Å². The molecule has 1 N–H and O–H groups in total. The number of benzene rings is 1. The highest BCUT2D eigenvalue weighted by Crippen LogP contribution is 2.29. The van der Waals surface area contributed by atoms with Crippen molar-refractivity contribution >= 4 is 34.8 Å². The number of likely N-dealkylation sites (tertiary alicyclic amines) is 1. The lowest BCUT2D eigenvalue weighted by molar-refractivity contribution is -0.129. The molecule has 1 amide bonds. The third kappa shape index (κ3) is 4.02. The fourth-order valence-corrected chi connectivity index (χ4v) is 2.61. The van der Waals surface area contributed by atoms with Gasteiger partial charge in [0.2, 0.25) is 5.91 Å². The number of hydrogen-bond donors (Lipinski definition) is 1. The van der Waals surface area contributed by atoms with Crippen molar-refractivity contribution < 1.29 is 4.79 Å². The zero-order chi connectivity index (χ0) is 13.7. The molecule has 5 heteroatoms. The van der Waals surface area contributed by atoms with Crippen molar-refractivity contribution in [1.82, 2.24) is 4.90 Å². The van der Waals surface area contributed by atoms with E-state index < -0.39 is 0 Å². The van der Waals surface area contributed by atoms with Gasteiger partial charge in [-0.15, -0.1) is 0 Å². The maximum Gasteiger partial charge on any atom is 0.241 e. The molecule has 104 valence electrons. The first-order valence-corrected chi connectivity index (χ1v) is 7.40. The molecule has 3 nitrogen and oxygen atoms in total. The molecule has 1 aliphatic rings. The van der Waals surface area contributed by atoms with Crippen LogP contribution in [0.4, 0.5) is 5.69 Å². The van der Waals surface area contributed by atoms with Gasteiger partial charge in [0.05, 0.1) is 22.3 Å². The van der Waals surface area contributed by atoms with Crippen LogP contribution in [0.5, 0.6) is 0 Å². The smallest absolute Gasteiger partial charge is 0.241 e. The van der Waals surface area contributed by atoms with Crippen LogP contribution in [0.1, 0.15) is 25.7 Å². The van der Waals surface area contributed by atoms with Gasteiger partial charge in [0, 0.05) is 13.1 Å². The Morgan fingerprint density at radius 2 is 1.84 bits per heavy atom. The summed E-state index contributed by atoms with van der Waals surface area (Å²) in [5.74, 6) is 0.123. The van der Waals surface area contributed by atoms with Crippen LogP contribution in [0.3, 0.4) is 0 Å². The first-order chi connectivity index (χ1) is 9.18. The number of nitrogens with one attached hydrogen (secondary N) is 1. The molecule has 1 aliphatic heterocycles. The number of amides is 1. The predicted octanol–water partition coefficient (Wildman–Crippen LogP) is 3.81. The van der Waals surface area contributed by atoms with Crippen LogP contribution in [0, 0.1) is 0 Å². The molecule has 0 aromatic heterocycles. The van der Waals surface area contributed by atoms with Crippen LogP contribution in [0.15, 0.2) is 18.2 Å². The minimum Gasteiger partial charge on any atom is -0.375 e. The summed E-state index contributed by atoms with van der Waals surface area (Å²) in [6.45, 7) is 1.99. The van der Waals surface area contributed by atoms with E-state index in [1.807, 2.05) is 17.0 Å². The molecule has 1 aromatic carbocycles. The van der Waals surface area contributed by atoms with E-state index in [1.165, 1.54) is 12.8 Å². The number of carbonyl (C=O) groups is 1. The summed E-state index contributed by atoms with van der Waals surface area (Å²) in [5, 5.41) is 4.02. The predicted molar refractivity (Wildman–Crippen MR) is 80.0 cm³/mol. The summed E-state index contributed by atoms with van der Waals surface area (Å²) >= 11 is 12.0. The Morgan fingerprint density at radius 3 is 2.53 bits per heavy atom.